The van der Waals surface area contributed by atoms with Crippen LogP contribution < -0.4 is 0 Å². The molecule has 17 aromatic carbocycles. The lowest BCUT2D eigenvalue weighted by atomic mass is 9.98. The van der Waals surface area contributed by atoms with E-state index in [0.717, 1.165) is 88.7 Å². The van der Waals surface area contributed by atoms with E-state index in [-0.39, 0.29) is 0 Å². The van der Waals surface area contributed by atoms with Crippen LogP contribution in [0.2, 0.25) is 0 Å². The summed E-state index contributed by atoms with van der Waals surface area (Å²) < 4.78 is 13.9. The molecular formula is C120H78N12. The van der Waals surface area contributed by atoms with Crippen molar-refractivity contribution in [1.82, 2.24) is 57.3 Å². The molecule has 0 amide bonds. The number of benzene rings is 17. The molecule has 10 heterocycles. The van der Waals surface area contributed by atoms with Crippen LogP contribution in [0.15, 0.2) is 474 Å². The van der Waals surface area contributed by atoms with E-state index in [0.29, 0.717) is 17.6 Å². The monoisotopic (exact) mass is 1690 g/mol. The summed E-state index contributed by atoms with van der Waals surface area (Å²) in [6.07, 6.45) is 11.6. The highest BCUT2D eigenvalue weighted by molar-refractivity contribution is 6.21. The Balaban J connectivity index is 0.000000107. The molecule has 0 bridgehead atoms. The third-order valence-electron chi connectivity index (χ3n) is 25.9. The third-order valence-corrected chi connectivity index (χ3v) is 25.9. The average Bonchev–Trinajstić information content (AvgIpc) is 1.58. The molecule has 0 saturated heterocycles. The summed E-state index contributed by atoms with van der Waals surface area (Å²) in [6.45, 7) is 0. The molecule has 0 aliphatic carbocycles. The van der Waals surface area contributed by atoms with Gasteiger partial charge in [0.05, 0.1) is 78.6 Å². The van der Waals surface area contributed by atoms with Crippen molar-refractivity contribution in [3.8, 4) is 102 Å². The van der Waals surface area contributed by atoms with Gasteiger partial charge in [0.15, 0.2) is 11.6 Å². The van der Waals surface area contributed by atoms with Gasteiger partial charge in [-0.05, 0) is 196 Å². The second kappa shape index (κ2) is 32.1. The van der Waals surface area contributed by atoms with E-state index in [1.165, 1.54) is 126 Å². The minimum Gasteiger partial charge on any atom is -0.309 e. The summed E-state index contributed by atoms with van der Waals surface area (Å²) in [5, 5.41) is 14.5. The highest BCUT2D eigenvalue weighted by Gasteiger charge is 2.25. The van der Waals surface area contributed by atoms with E-state index in [4.69, 9.17) is 15.0 Å². The maximum atomic E-state index is 5.09. The molecular weight excluding hydrogens is 1610 g/mol. The fourth-order valence-corrected chi connectivity index (χ4v) is 20.1. The van der Waals surface area contributed by atoms with Crippen molar-refractivity contribution < 1.29 is 0 Å². The SMILES string of the molecule is c1ccc(-c2ccc(-n3c4ccccc4c4cc(-c5cccc6c5c5ccncc5n6-c5ccccc5)ccc43)cc2)cc1.c1ccc(-c2nc(-c3ccccc3)nc(-n3c4ccccc4c4cc(-c5cccc6c5c5ccncc5n6-c5ccccc5)ccc43)n2)cc1.c1ccc(-n2c3ccccc3c3cc(-c4cccc5c4c4cnccc4n5-c4ccccc4)ccc32)cc1. The number of rotatable bonds is 12. The molecule has 12 nitrogen and oxygen atoms in total. The Morgan fingerprint density at radius 1 is 0.152 bits per heavy atom. The first-order valence-corrected chi connectivity index (χ1v) is 44.5. The summed E-state index contributed by atoms with van der Waals surface area (Å²) in [4.78, 5) is 28.6. The van der Waals surface area contributed by atoms with Gasteiger partial charge < -0.3 is 22.8 Å². The number of hydrogen-bond acceptors (Lipinski definition) is 6. The molecule has 0 saturated carbocycles. The van der Waals surface area contributed by atoms with E-state index < -0.39 is 0 Å². The van der Waals surface area contributed by atoms with Crippen molar-refractivity contribution in [2.24, 2.45) is 0 Å². The van der Waals surface area contributed by atoms with Crippen LogP contribution in [-0.4, -0.2) is 57.3 Å². The van der Waals surface area contributed by atoms with Gasteiger partial charge in [0.2, 0.25) is 5.95 Å². The molecule has 0 radical (unpaired) electrons. The van der Waals surface area contributed by atoms with Crippen LogP contribution in [0.1, 0.15) is 0 Å². The Morgan fingerprint density at radius 2 is 0.432 bits per heavy atom. The predicted octanol–water partition coefficient (Wildman–Crippen LogP) is 30.0. The number of hydrogen-bond donors (Lipinski definition) is 0. The summed E-state index contributed by atoms with van der Waals surface area (Å²) in [6, 6.07) is 155. The van der Waals surface area contributed by atoms with Crippen LogP contribution in [0.4, 0.5) is 0 Å². The first-order valence-electron chi connectivity index (χ1n) is 44.5. The summed E-state index contributed by atoms with van der Waals surface area (Å²) in [5.41, 5.74) is 31.0. The van der Waals surface area contributed by atoms with Gasteiger partial charge in [-0.15, -0.1) is 0 Å². The number of pyridine rings is 3. The largest absolute Gasteiger partial charge is 0.309 e. The van der Waals surface area contributed by atoms with Crippen molar-refractivity contribution in [3.63, 3.8) is 0 Å². The molecule has 618 valence electrons. The Hall–Kier alpha value is -18.0. The van der Waals surface area contributed by atoms with Gasteiger partial charge in [0, 0.05) is 129 Å². The quantitative estimate of drug-likeness (QED) is 0.121. The van der Waals surface area contributed by atoms with Crippen molar-refractivity contribution in [2.45, 2.75) is 0 Å². The molecule has 0 aliphatic heterocycles. The summed E-state index contributed by atoms with van der Waals surface area (Å²) in [5.74, 6) is 1.85. The van der Waals surface area contributed by atoms with E-state index in [2.05, 4.69) is 418 Å². The fraction of sp³-hybridized carbons (Fsp3) is 0. The number of aromatic nitrogens is 12. The van der Waals surface area contributed by atoms with E-state index in [1.54, 1.807) is 0 Å². The van der Waals surface area contributed by atoms with Gasteiger partial charge in [-0.1, -0.05) is 285 Å². The first-order chi connectivity index (χ1) is 65.5. The number of fused-ring (bicyclic) bond motifs is 18. The predicted molar refractivity (Wildman–Crippen MR) is 545 cm³/mol. The second-order valence-electron chi connectivity index (χ2n) is 33.3. The number of nitrogens with zero attached hydrogens (tertiary/aromatic N) is 12. The highest BCUT2D eigenvalue weighted by Crippen LogP contribution is 2.47. The lowest BCUT2D eigenvalue weighted by Crippen LogP contribution is -2.06. The van der Waals surface area contributed by atoms with Gasteiger partial charge >= 0.3 is 0 Å². The van der Waals surface area contributed by atoms with Crippen LogP contribution in [0, 0.1) is 0 Å². The molecule has 27 rings (SSSR count). The standard InChI is InChI=1S/C44H28N6.C41H27N3.C35H23N3/c1-4-13-29(14-5-1)42-46-43(30-15-6-2-7-16-30)48-44(47-42)50-37-21-11-10-19-34(37)36-27-31(23-24-38(36)50)33-20-12-22-39-41(33)35-25-26-45-28-40(35)49(39)32-17-8-3-9-18-32;1-3-10-28(11-4-1)29-18-21-32(22-19-29)43-37-16-8-7-14-34(37)36-26-30(20-23-38(36)43)33-15-9-17-39-41(33)35-24-25-42-27-40(35)44(39)31-12-5-2-6-13-31;1-3-10-25(11-4-1)37-31-16-8-7-14-28(31)29-22-24(18-19-32(29)37)27-15-9-17-34-35(27)30-23-36-21-20-33(30)38(34)26-12-5-2-6-13-26/h1-28H;1-27H;1-23H. The highest BCUT2D eigenvalue weighted by atomic mass is 15.2. The van der Waals surface area contributed by atoms with Gasteiger partial charge in [-0.2, -0.15) is 9.97 Å². The topological polar surface area (TPSA) is 107 Å². The lowest BCUT2D eigenvalue weighted by molar-refractivity contribution is 0.953. The van der Waals surface area contributed by atoms with Gasteiger partial charge in [-0.25, -0.2) is 4.98 Å². The van der Waals surface area contributed by atoms with E-state index in [9.17, 15) is 0 Å². The Labute approximate surface area is 758 Å². The molecule has 10 aromatic heterocycles. The summed E-state index contributed by atoms with van der Waals surface area (Å²) in [7, 11) is 0. The Bertz CT molecular complexity index is 9060. The molecule has 0 spiro atoms. The van der Waals surface area contributed by atoms with Crippen LogP contribution in [-0.2, 0) is 0 Å². The van der Waals surface area contributed by atoms with Gasteiger partial charge in [0.1, 0.15) is 0 Å². The molecule has 12 heteroatoms. The summed E-state index contributed by atoms with van der Waals surface area (Å²) >= 11 is 0. The van der Waals surface area contributed by atoms with Crippen LogP contribution in [0.25, 0.3) is 233 Å². The maximum Gasteiger partial charge on any atom is 0.238 e. The molecule has 27 aromatic rings. The maximum absolute atomic E-state index is 5.09. The molecule has 0 unspecified atom stereocenters. The van der Waals surface area contributed by atoms with Crippen LogP contribution >= 0.6 is 0 Å². The van der Waals surface area contributed by atoms with Crippen molar-refractivity contribution >= 4 is 131 Å². The Kier molecular flexibility index (Phi) is 18.6. The minimum absolute atomic E-state index is 0.581. The van der Waals surface area contributed by atoms with Gasteiger partial charge in [0.25, 0.3) is 0 Å². The van der Waals surface area contributed by atoms with Crippen molar-refractivity contribution in [2.75, 3.05) is 0 Å². The van der Waals surface area contributed by atoms with E-state index in [1.807, 2.05) is 97.8 Å². The third kappa shape index (κ3) is 12.9. The number of para-hydroxylation sites is 7. The molecule has 0 atom stereocenters. The average molecular weight is 1690 g/mol. The minimum atomic E-state index is 0.581. The first kappa shape index (κ1) is 76.4. The van der Waals surface area contributed by atoms with Gasteiger partial charge in [-0.3, -0.25) is 19.5 Å². The zero-order chi connectivity index (χ0) is 87.1. The zero-order valence-corrected chi connectivity index (χ0v) is 71.4. The fourth-order valence-electron chi connectivity index (χ4n) is 20.1. The van der Waals surface area contributed by atoms with Crippen molar-refractivity contribution in [1.29, 1.82) is 0 Å². The van der Waals surface area contributed by atoms with Crippen LogP contribution in [0.5, 0.6) is 0 Å². The molecule has 132 heavy (non-hydrogen) atoms. The molecule has 0 N–H and O–H groups in total. The second-order valence-corrected chi connectivity index (χ2v) is 33.3. The smallest absolute Gasteiger partial charge is 0.238 e. The van der Waals surface area contributed by atoms with Crippen molar-refractivity contribution in [3.05, 3.63) is 474 Å². The lowest BCUT2D eigenvalue weighted by Gasteiger charge is -2.11. The van der Waals surface area contributed by atoms with Crippen LogP contribution in [0.3, 0.4) is 0 Å². The zero-order valence-electron chi connectivity index (χ0n) is 71.4. The normalized spacial score (nSPS) is 11.6. The molecule has 0 fully saturated rings. The Morgan fingerprint density at radius 3 is 0.841 bits per heavy atom. The molecule has 0 aliphatic rings. The van der Waals surface area contributed by atoms with E-state index >= 15 is 0 Å².